The first kappa shape index (κ1) is 14.1. The molecule has 1 aromatic carbocycles. The molecule has 4 nitrogen and oxygen atoms in total. The van der Waals surface area contributed by atoms with Gasteiger partial charge in [0.1, 0.15) is 5.41 Å². The Hall–Kier alpha value is -1.36. The Labute approximate surface area is 120 Å². The first-order valence-electron chi connectivity index (χ1n) is 6.23. The van der Waals surface area contributed by atoms with Crippen molar-refractivity contribution in [1.82, 2.24) is 5.32 Å². The lowest BCUT2D eigenvalue weighted by Gasteiger charge is -2.17. The van der Waals surface area contributed by atoms with Crippen LogP contribution < -0.4 is 5.32 Å². The minimum atomic E-state index is -1.16. The zero-order chi connectivity index (χ0) is 14.0. The molecule has 1 atom stereocenters. The van der Waals surface area contributed by atoms with Crippen molar-refractivity contribution in [2.45, 2.75) is 32.2 Å². The van der Waals surface area contributed by atoms with E-state index in [2.05, 4.69) is 21.2 Å². The minimum Gasteiger partial charge on any atom is -0.480 e. The molecular formula is C14H16BrNO3. The van der Waals surface area contributed by atoms with Crippen LogP contribution in [0.4, 0.5) is 0 Å². The van der Waals surface area contributed by atoms with Gasteiger partial charge in [0.15, 0.2) is 0 Å². The van der Waals surface area contributed by atoms with Gasteiger partial charge < -0.3 is 10.4 Å². The third kappa shape index (κ3) is 3.15. The fourth-order valence-corrected chi connectivity index (χ4v) is 2.54. The third-order valence-corrected chi connectivity index (χ3v) is 3.90. The summed E-state index contributed by atoms with van der Waals surface area (Å²) in [5.41, 5.74) is -0.0618. The molecule has 0 heterocycles. The van der Waals surface area contributed by atoms with Crippen molar-refractivity contribution in [2.24, 2.45) is 5.41 Å². The highest BCUT2D eigenvalue weighted by atomic mass is 79.9. The number of carbonyl (C=O) groups is 2. The number of hydrogen-bond acceptors (Lipinski definition) is 2. The van der Waals surface area contributed by atoms with E-state index in [1.54, 1.807) is 0 Å². The first-order valence-corrected chi connectivity index (χ1v) is 7.02. The summed E-state index contributed by atoms with van der Waals surface area (Å²) in [6.45, 7) is 1.89. The fourth-order valence-electron chi connectivity index (χ4n) is 2.09. The van der Waals surface area contributed by atoms with Crippen LogP contribution in [0, 0.1) is 5.41 Å². The molecule has 1 unspecified atom stereocenters. The number of aliphatic carboxylic acids is 1. The van der Waals surface area contributed by atoms with E-state index in [1.165, 1.54) is 0 Å². The Morgan fingerprint density at radius 1 is 1.47 bits per heavy atom. The molecule has 1 aromatic rings. The van der Waals surface area contributed by atoms with Crippen molar-refractivity contribution in [1.29, 1.82) is 0 Å². The molecule has 1 fully saturated rings. The quantitative estimate of drug-likeness (QED) is 0.817. The monoisotopic (exact) mass is 325 g/mol. The number of carbonyl (C=O) groups excluding carboxylic acids is 1. The molecule has 0 radical (unpaired) electrons. The number of carboxylic acid groups (broad SMARTS) is 1. The van der Waals surface area contributed by atoms with Crippen LogP contribution >= 0.6 is 15.9 Å². The van der Waals surface area contributed by atoms with Crippen LogP contribution in [0.1, 0.15) is 25.3 Å². The van der Waals surface area contributed by atoms with Crippen LogP contribution in [-0.2, 0) is 16.0 Å². The smallest absolute Gasteiger partial charge is 0.319 e. The normalized spacial score (nSPS) is 17.6. The van der Waals surface area contributed by atoms with Crippen molar-refractivity contribution in [3.63, 3.8) is 0 Å². The molecule has 0 aliphatic heterocycles. The molecule has 5 heteroatoms. The molecule has 2 rings (SSSR count). The van der Waals surface area contributed by atoms with Crippen LogP contribution in [0.5, 0.6) is 0 Å². The lowest BCUT2D eigenvalue weighted by atomic mass is 10.0. The molecule has 0 aromatic heterocycles. The number of benzene rings is 1. The van der Waals surface area contributed by atoms with Crippen LogP contribution in [0.25, 0.3) is 0 Å². The summed E-state index contributed by atoms with van der Waals surface area (Å²) in [6, 6.07) is 7.77. The number of amides is 1. The Bertz CT molecular complexity index is 511. The fraction of sp³-hybridized carbons (Fsp3) is 0.429. The molecule has 1 aliphatic carbocycles. The van der Waals surface area contributed by atoms with E-state index in [4.69, 9.17) is 5.11 Å². The summed E-state index contributed by atoms with van der Waals surface area (Å²) >= 11 is 3.40. The maximum atomic E-state index is 11.9. The highest BCUT2D eigenvalue weighted by Gasteiger charge is 2.57. The van der Waals surface area contributed by atoms with Crippen LogP contribution in [0.15, 0.2) is 28.7 Å². The average molecular weight is 326 g/mol. The number of carboxylic acids is 1. The van der Waals surface area contributed by atoms with Gasteiger partial charge in [-0.05, 0) is 43.9 Å². The number of halogens is 1. The number of nitrogens with one attached hydrogen (secondary N) is 1. The van der Waals surface area contributed by atoms with Gasteiger partial charge in [0.2, 0.25) is 5.91 Å². The highest BCUT2D eigenvalue weighted by molar-refractivity contribution is 9.10. The largest absolute Gasteiger partial charge is 0.480 e. The van der Waals surface area contributed by atoms with E-state index < -0.39 is 11.4 Å². The van der Waals surface area contributed by atoms with Crippen LogP contribution in [0.3, 0.4) is 0 Å². The second-order valence-corrected chi connectivity index (χ2v) is 6.01. The van der Waals surface area contributed by atoms with Gasteiger partial charge in [-0.3, -0.25) is 9.59 Å². The van der Waals surface area contributed by atoms with Crippen molar-refractivity contribution >= 4 is 27.8 Å². The second-order valence-electron chi connectivity index (χ2n) is 5.10. The molecule has 1 amide bonds. The topological polar surface area (TPSA) is 66.4 Å². The molecule has 1 aliphatic rings. The van der Waals surface area contributed by atoms with E-state index in [-0.39, 0.29) is 11.9 Å². The standard InChI is InChI=1S/C14H16BrNO3/c1-9(7-10-3-2-4-11(15)8-10)16-12(17)14(5-6-14)13(18)19/h2-4,8-9H,5-7H2,1H3,(H,16,17)(H,18,19). The molecule has 19 heavy (non-hydrogen) atoms. The van der Waals surface area contributed by atoms with Crippen molar-refractivity contribution < 1.29 is 14.7 Å². The maximum Gasteiger partial charge on any atom is 0.319 e. The van der Waals surface area contributed by atoms with E-state index in [0.29, 0.717) is 19.3 Å². The Morgan fingerprint density at radius 3 is 2.68 bits per heavy atom. The molecule has 102 valence electrons. The van der Waals surface area contributed by atoms with Crippen molar-refractivity contribution in [2.75, 3.05) is 0 Å². The molecule has 0 saturated heterocycles. The summed E-state index contributed by atoms with van der Waals surface area (Å²) in [5.74, 6) is -1.37. The summed E-state index contributed by atoms with van der Waals surface area (Å²) in [7, 11) is 0. The van der Waals surface area contributed by atoms with Crippen LogP contribution in [0.2, 0.25) is 0 Å². The van der Waals surface area contributed by atoms with E-state index in [0.717, 1.165) is 10.0 Å². The summed E-state index contributed by atoms with van der Waals surface area (Å²) < 4.78 is 0.993. The average Bonchev–Trinajstić information content (AvgIpc) is 3.09. The van der Waals surface area contributed by atoms with Crippen molar-refractivity contribution in [3.8, 4) is 0 Å². The lowest BCUT2D eigenvalue weighted by Crippen LogP contribution is -2.42. The lowest BCUT2D eigenvalue weighted by molar-refractivity contribution is -0.149. The van der Waals surface area contributed by atoms with Crippen LogP contribution in [-0.4, -0.2) is 23.0 Å². The zero-order valence-corrected chi connectivity index (χ0v) is 12.2. The second kappa shape index (κ2) is 5.33. The van der Waals surface area contributed by atoms with Gasteiger partial charge in [-0.25, -0.2) is 0 Å². The third-order valence-electron chi connectivity index (χ3n) is 3.40. The van der Waals surface area contributed by atoms with Gasteiger partial charge in [0.05, 0.1) is 0 Å². The molecule has 0 spiro atoms. The molecule has 2 N–H and O–H groups in total. The van der Waals surface area contributed by atoms with E-state index >= 15 is 0 Å². The van der Waals surface area contributed by atoms with Gasteiger partial charge in [-0.15, -0.1) is 0 Å². The summed E-state index contributed by atoms with van der Waals surface area (Å²) in [6.07, 6.45) is 1.57. The zero-order valence-electron chi connectivity index (χ0n) is 10.6. The van der Waals surface area contributed by atoms with E-state index in [9.17, 15) is 9.59 Å². The number of rotatable bonds is 5. The Morgan fingerprint density at radius 2 is 2.16 bits per heavy atom. The first-order chi connectivity index (χ1) is 8.94. The van der Waals surface area contributed by atoms with Gasteiger partial charge in [-0.1, -0.05) is 28.1 Å². The Balaban J connectivity index is 1.93. The van der Waals surface area contributed by atoms with E-state index in [1.807, 2.05) is 31.2 Å². The van der Waals surface area contributed by atoms with Gasteiger partial charge in [-0.2, -0.15) is 0 Å². The Kier molecular flexibility index (Phi) is 3.94. The predicted molar refractivity (Wildman–Crippen MR) is 74.8 cm³/mol. The summed E-state index contributed by atoms with van der Waals surface area (Å²) in [4.78, 5) is 23.0. The predicted octanol–water partition coefficient (Wildman–Crippen LogP) is 2.36. The highest BCUT2D eigenvalue weighted by Crippen LogP contribution is 2.46. The molecular weight excluding hydrogens is 310 g/mol. The molecule has 1 saturated carbocycles. The minimum absolute atomic E-state index is 0.0846. The van der Waals surface area contributed by atoms with Gasteiger partial charge >= 0.3 is 5.97 Å². The van der Waals surface area contributed by atoms with Gasteiger partial charge in [0.25, 0.3) is 0 Å². The SMILES string of the molecule is CC(Cc1cccc(Br)c1)NC(=O)C1(C(=O)O)CC1. The van der Waals surface area contributed by atoms with Crippen molar-refractivity contribution in [3.05, 3.63) is 34.3 Å². The number of hydrogen-bond donors (Lipinski definition) is 2. The molecule has 0 bridgehead atoms. The summed E-state index contributed by atoms with van der Waals surface area (Å²) in [5, 5.41) is 11.8. The van der Waals surface area contributed by atoms with Gasteiger partial charge in [0, 0.05) is 10.5 Å². The maximum absolute atomic E-state index is 11.9.